The summed E-state index contributed by atoms with van der Waals surface area (Å²) in [6.45, 7) is 9.68. The first-order valence-electron chi connectivity index (χ1n) is 10.3. The van der Waals surface area contributed by atoms with Crippen LogP contribution in [-0.2, 0) is 4.74 Å². The highest BCUT2D eigenvalue weighted by atomic mass is 32.1. The van der Waals surface area contributed by atoms with Gasteiger partial charge in [0.15, 0.2) is 0 Å². The molecule has 6 nitrogen and oxygen atoms in total. The van der Waals surface area contributed by atoms with Crippen molar-refractivity contribution < 1.29 is 14.3 Å². The Morgan fingerprint density at radius 2 is 1.77 bits per heavy atom. The van der Waals surface area contributed by atoms with Crippen LogP contribution in [0, 0.1) is 0 Å². The number of nitrogens with zero attached hydrogens (tertiary/aromatic N) is 1. The van der Waals surface area contributed by atoms with Crippen LogP contribution >= 0.6 is 11.3 Å². The smallest absolute Gasteiger partial charge is 0.436 e. The number of nitrogens with two attached hydrogens (primary N) is 2. The summed E-state index contributed by atoms with van der Waals surface area (Å²) in [5, 5.41) is 0.893. The Bertz CT molecular complexity index is 1020. The predicted molar refractivity (Wildman–Crippen MR) is 129 cm³/mol. The normalized spacial score (nSPS) is 12.6. The molecule has 0 aliphatic rings. The molecule has 1 amide bonds. The second-order valence-electron chi connectivity index (χ2n) is 7.51. The molecular formula is C24H31N3O3S. The third-order valence-electron chi connectivity index (χ3n) is 4.03. The van der Waals surface area contributed by atoms with Crippen molar-refractivity contribution in [1.29, 1.82) is 0 Å². The maximum absolute atomic E-state index is 11.9. The van der Waals surface area contributed by atoms with Gasteiger partial charge in [-0.1, -0.05) is 50.2 Å². The van der Waals surface area contributed by atoms with E-state index in [0.29, 0.717) is 17.2 Å². The number of amidine groups is 1. The van der Waals surface area contributed by atoms with Gasteiger partial charge >= 0.3 is 6.09 Å². The van der Waals surface area contributed by atoms with Gasteiger partial charge in [-0.2, -0.15) is 4.99 Å². The summed E-state index contributed by atoms with van der Waals surface area (Å²) in [6, 6.07) is 17.5. The molecular weight excluding hydrogens is 410 g/mol. The first kappa shape index (κ1) is 24.4. The molecule has 3 aromatic rings. The fourth-order valence-electron chi connectivity index (χ4n) is 2.77. The number of benzene rings is 2. The summed E-state index contributed by atoms with van der Waals surface area (Å²) in [5.74, 6) is 0.819. The minimum Gasteiger partial charge on any atom is -0.484 e. The van der Waals surface area contributed by atoms with Crippen LogP contribution in [0.1, 0.15) is 51.2 Å². The Hall–Kier alpha value is -2.90. The summed E-state index contributed by atoms with van der Waals surface area (Å²) >= 11 is 1.44. The lowest BCUT2D eigenvalue weighted by atomic mass is 10.1. The van der Waals surface area contributed by atoms with E-state index < -0.39 is 11.7 Å². The van der Waals surface area contributed by atoms with Gasteiger partial charge in [0, 0.05) is 16.6 Å². The Balaban J connectivity index is 0.00000166. The molecule has 0 saturated carbocycles. The van der Waals surface area contributed by atoms with Gasteiger partial charge in [-0.05, 0) is 44.5 Å². The molecule has 2 aromatic carbocycles. The Morgan fingerprint density at radius 1 is 1.10 bits per heavy atom. The summed E-state index contributed by atoms with van der Waals surface area (Å²) in [5.41, 5.74) is 12.4. The van der Waals surface area contributed by atoms with Crippen molar-refractivity contribution in [3.63, 3.8) is 0 Å². The van der Waals surface area contributed by atoms with E-state index in [1.54, 1.807) is 20.8 Å². The molecule has 0 aliphatic heterocycles. The summed E-state index contributed by atoms with van der Waals surface area (Å²) in [7, 11) is 0. The highest BCUT2D eigenvalue weighted by Crippen LogP contribution is 2.35. The largest absolute Gasteiger partial charge is 0.484 e. The number of aliphatic imine (C=N–C) groups is 1. The maximum atomic E-state index is 11.9. The minimum atomic E-state index is -0.712. The first-order chi connectivity index (χ1) is 14.8. The average molecular weight is 442 g/mol. The van der Waals surface area contributed by atoms with E-state index in [1.807, 2.05) is 68.4 Å². The van der Waals surface area contributed by atoms with Gasteiger partial charge < -0.3 is 20.9 Å². The quantitative estimate of drug-likeness (QED) is 0.394. The molecule has 1 heterocycles. The van der Waals surface area contributed by atoms with Crippen molar-refractivity contribution >= 4 is 33.4 Å². The average Bonchev–Trinajstić information content (AvgIpc) is 3.18. The van der Waals surface area contributed by atoms with E-state index in [2.05, 4.69) is 4.99 Å². The van der Waals surface area contributed by atoms with E-state index in [0.717, 1.165) is 15.6 Å². The zero-order chi connectivity index (χ0) is 23.0. The molecule has 1 unspecified atom stereocenters. The number of rotatable bonds is 5. The lowest BCUT2D eigenvalue weighted by molar-refractivity contribution is 0.0604. The number of amides is 1. The van der Waals surface area contributed by atoms with Gasteiger partial charge in [0.25, 0.3) is 0 Å². The number of carbonyl (C=O) groups is 1. The molecule has 0 aliphatic carbocycles. The molecule has 0 spiro atoms. The van der Waals surface area contributed by atoms with Gasteiger partial charge in [-0.15, -0.1) is 11.3 Å². The van der Waals surface area contributed by atoms with E-state index in [4.69, 9.17) is 20.9 Å². The van der Waals surface area contributed by atoms with Gasteiger partial charge in [0.05, 0.1) is 4.88 Å². The number of ether oxygens (including phenoxy) is 2. The van der Waals surface area contributed by atoms with E-state index in [-0.39, 0.29) is 11.9 Å². The first-order valence-corrected chi connectivity index (χ1v) is 11.1. The van der Waals surface area contributed by atoms with Crippen LogP contribution in [-0.4, -0.2) is 24.1 Å². The number of hydrogen-bond acceptors (Lipinski definition) is 5. The fourth-order valence-corrected chi connectivity index (χ4v) is 3.75. The zero-order valence-electron chi connectivity index (χ0n) is 18.7. The molecule has 0 radical (unpaired) electrons. The summed E-state index contributed by atoms with van der Waals surface area (Å²) < 4.78 is 12.4. The van der Waals surface area contributed by atoms with Gasteiger partial charge in [-0.25, -0.2) is 4.79 Å². The van der Waals surface area contributed by atoms with Crippen LogP contribution < -0.4 is 16.2 Å². The standard InChI is InChI=1S/C22H25N3O3S.C2H6/c1-22(2,3)28-21(26)25-20(24)19-12-15-16(10-7-11-18(15)29-19)27-17(13-23)14-8-5-4-6-9-14;1-2/h4-12,17H,13,23H2,1-3H3,(H2,24,25,26);1-2H3. The third kappa shape index (κ3) is 6.80. The Morgan fingerprint density at radius 3 is 2.39 bits per heavy atom. The molecule has 1 aromatic heterocycles. The number of carbonyl (C=O) groups excluding carboxylic acids is 1. The Kier molecular flexibility index (Phi) is 8.59. The van der Waals surface area contributed by atoms with Crippen molar-refractivity contribution in [2.24, 2.45) is 16.5 Å². The highest BCUT2D eigenvalue weighted by Gasteiger charge is 2.18. The number of thiophene rings is 1. The molecule has 31 heavy (non-hydrogen) atoms. The van der Waals surface area contributed by atoms with Crippen LogP contribution in [0.5, 0.6) is 5.75 Å². The van der Waals surface area contributed by atoms with Crippen molar-refractivity contribution in [2.75, 3.05) is 6.54 Å². The van der Waals surface area contributed by atoms with Crippen LogP contribution in [0.15, 0.2) is 59.6 Å². The van der Waals surface area contributed by atoms with Crippen molar-refractivity contribution in [3.8, 4) is 5.75 Å². The van der Waals surface area contributed by atoms with Gasteiger partial charge in [0.1, 0.15) is 23.3 Å². The van der Waals surface area contributed by atoms with Crippen LogP contribution in [0.3, 0.4) is 0 Å². The maximum Gasteiger partial charge on any atom is 0.436 e. The lowest BCUT2D eigenvalue weighted by Crippen LogP contribution is -2.24. The second-order valence-corrected chi connectivity index (χ2v) is 8.59. The van der Waals surface area contributed by atoms with Gasteiger partial charge in [-0.3, -0.25) is 0 Å². The van der Waals surface area contributed by atoms with Crippen LogP contribution in [0.25, 0.3) is 10.1 Å². The molecule has 1 atom stereocenters. The second kappa shape index (κ2) is 10.9. The minimum absolute atomic E-state index is 0.116. The monoisotopic (exact) mass is 441 g/mol. The van der Waals surface area contributed by atoms with Crippen LogP contribution in [0.2, 0.25) is 0 Å². The molecule has 166 valence electrons. The van der Waals surface area contributed by atoms with E-state index >= 15 is 0 Å². The molecule has 4 N–H and O–H groups in total. The summed E-state index contributed by atoms with van der Waals surface area (Å²) in [6.07, 6.45) is -0.978. The van der Waals surface area contributed by atoms with Crippen molar-refractivity contribution in [1.82, 2.24) is 0 Å². The molecule has 7 heteroatoms. The molecule has 0 fully saturated rings. The molecule has 0 saturated heterocycles. The zero-order valence-corrected chi connectivity index (χ0v) is 19.5. The fraction of sp³-hybridized carbons (Fsp3) is 0.333. The molecule has 0 bridgehead atoms. The highest BCUT2D eigenvalue weighted by molar-refractivity contribution is 7.21. The third-order valence-corrected chi connectivity index (χ3v) is 5.16. The van der Waals surface area contributed by atoms with Crippen molar-refractivity contribution in [2.45, 2.75) is 46.3 Å². The topological polar surface area (TPSA) is 99.9 Å². The van der Waals surface area contributed by atoms with Crippen molar-refractivity contribution in [3.05, 3.63) is 65.0 Å². The van der Waals surface area contributed by atoms with Gasteiger partial charge in [0.2, 0.25) is 0 Å². The SMILES string of the molecule is CC.CC(C)(C)OC(=O)/N=C(\N)c1cc2c(OC(CN)c3ccccc3)cccc2s1. The summed E-state index contributed by atoms with van der Waals surface area (Å²) in [4.78, 5) is 16.5. The van der Waals surface area contributed by atoms with E-state index in [1.165, 1.54) is 11.3 Å². The van der Waals surface area contributed by atoms with Crippen LogP contribution in [0.4, 0.5) is 4.79 Å². The number of hydrogen-bond donors (Lipinski definition) is 2. The lowest BCUT2D eigenvalue weighted by Gasteiger charge is -2.18. The Labute approximate surface area is 187 Å². The van der Waals surface area contributed by atoms with E-state index in [9.17, 15) is 4.79 Å². The molecule has 3 rings (SSSR count). The predicted octanol–water partition coefficient (Wildman–Crippen LogP) is 5.65. The number of fused-ring (bicyclic) bond motifs is 1.